The van der Waals surface area contributed by atoms with Gasteiger partial charge in [0, 0.05) is 23.5 Å². The van der Waals surface area contributed by atoms with E-state index in [1.54, 1.807) is 14.2 Å². The van der Waals surface area contributed by atoms with Gasteiger partial charge in [0.2, 0.25) is 5.91 Å². The average molecular weight is 361 g/mol. The topological polar surface area (TPSA) is 72.5 Å². The van der Waals surface area contributed by atoms with Gasteiger partial charge < -0.3 is 20.1 Å². The number of rotatable bonds is 6. The summed E-state index contributed by atoms with van der Waals surface area (Å²) >= 11 is 1.52. The van der Waals surface area contributed by atoms with Gasteiger partial charge in [0.25, 0.3) is 0 Å². The van der Waals surface area contributed by atoms with E-state index >= 15 is 0 Å². The van der Waals surface area contributed by atoms with Crippen LogP contribution in [0, 0.1) is 0 Å². The number of aromatic nitrogens is 1. The highest BCUT2D eigenvalue weighted by Gasteiger charge is 2.17. The van der Waals surface area contributed by atoms with E-state index in [1.165, 1.54) is 11.3 Å². The molecule has 1 amide bonds. The molecule has 0 saturated carbocycles. The molecule has 0 radical (unpaired) electrons. The summed E-state index contributed by atoms with van der Waals surface area (Å²) in [5.74, 6) is 1.38. The zero-order chi connectivity index (χ0) is 17.6. The zero-order valence-corrected chi connectivity index (χ0v) is 15.3. The Morgan fingerprint density at radius 1 is 1.36 bits per heavy atom. The van der Waals surface area contributed by atoms with Gasteiger partial charge in [-0.05, 0) is 37.6 Å². The van der Waals surface area contributed by atoms with Gasteiger partial charge in [-0.1, -0.05) is 0 Å². The van der Waals surface area contributed by atoms with Crippen LogP contribution in [0.1, 0.15) is 18.5 Å². The van der Waals surface area contributed by atoms with Crippen LogP contribution < -0.4 is 20.1 Å². The van der Waals surface area contributed by atoms with Gasteiger partial charge in [-0.15, -0.1) is 11.3 Å². The molecule has 1 aliphatic rings. The molecule has 1 fully saturated rings. The molecular weight excluding hydrogens is 338 g/mol. The van der Waals surface area contributed by atoms with Crippen molar-refractivity contribution in [3.8, 4) is 22.1 Å². The van der Waals surface area contributed by atoms with Crippen LogP contribution in [0.3, 0.4) is 0 Å². The third kappa shape index (κ3) is 4.49. The first kappa shape index (κ1) is 17.7. The van der Waals surface area contributed by atoms with Gasteiger partial charge >= 0.3 is 0 Å². The van der Waals surface area contributed by atoms with Gasteiger partial charge in [-0.3, -0.25) is 4.79 Å². The molecular formula is C18H23N3O3S. The Morgan fingerprint density at radius 2 is 2.20 bits per heavy atom. The van der Waals surface area contributed by atoms with E-state index in [1.807, 2.05) is 23.6 Å². The van der Waals surface area contributed by atoms with E-state index in [-0.39, 0.29) is 11.9 Å². The molecule has 1 saturated heterocycles. The molecule has 1 aromatic carbocycles. The summed E-state index contributed by atoms with van der Waals surface area (Å²) in [6.45, 7) is 1.88. The molecule has 2 N–H and O–H groups in total. The van der Waals surface area contributed by atoms with E-state index in [4.69, 9.17) is 9.47 Å². The Bertz CT molecular complexity index is 726. The molecule has 2 aromatic rings. The quantitative estimate of drug-likeness (QED) is 0.826. The third-order valence-electron chi connectivity index (χ3n) is 4.19. The van der Waals surface area contributed by atoms with Crippen LogP contribution in [-0.2, 0) is 11.2 Å². The second-order valence-corrected chi connectivity index (χ2v) is 6.86. The Morgan fingerprint density at radius 3 is 2.92 bits per heavy atom. The molecule has 2 heterocycles. The van der Waals surface area contributed by atoms with Crippen LogP contribution in [0.25, 0.3) is 10.6 Å². The number of ether oxygens (including phenoxy) is 2. The molecule has 0 bridgehead atoms. The number of amides is 1. The number of piperidine rings is 1. The van der Waals surface area contributed by atoms with Crippen molar-refractivity contribution >= 4 is 17.2 Å². The van der Waals surface area contributed by atoms with Crippen LogP contribution in [0.2, 0.25) is 0 Å². The predicted molar refractivity (Wildman–Crippen MR) is 98.4 cm³/mol. The largest absolute Gasteiger partial charge is 0.493 e. The summed E-state index contributed by atoms with van der Waals surface area (Å²) in [4.78, 5) is 16.8. The van der Waals surface area contributed by atoms with Gasteiger partial charge in [0.1, 0.15) is 5.01 Å². The van der Waals surface area contributed by atoms with Crippen LogP contribution >= 0.6 is 11.3 Å². The predicted octanol–water partition coefficient (Wildman–Crippen LogP) is 2.24. The lowest BCUT2D eigenvalue weighted by Gasteiger charge is -2.23. The number of carbonyl (C=O) groups excluding carboxylic acids is 1. The first-order chi connectivity index (χ1) is 12.2. The summed E-state index contributed by atoms with van der Waals surface area (Å²) < 4.78 is 10.6. The maximum atomic E-state index is 12.2. The molecule has 3 rings (SSSR count). The smallest absolute Gasteiger partial charge is 0.226 e. The number of benzene rings is 1. The third-order valence-corrected chi connectivity index (χ3v) is 5.13. The molecule has 25 heavy (non-hydrogen) atoms. The summed E-state index contributed by atoms with van der Waals surface area (Å²) in [6, 6.07) is 5.93. The van der Waals surface area contributed by atoms with Crippen molar-refractivity contribution in [3.63, 3.8) is 0 Å². The molecule has 0 aliphatic carbocycles. The number of thiazole rings is 1. The van der Waals surface area contributed by atoms with Crippen LogP contribution in [-0.4, -0.2) is 44.2 Å². The van der Waals surface area contributed by atoms with Crippen LogP contribution in [0.4, 0.5) is 0 Å². The summed E-state index contributed by atoms with van der Waals surface area (Å²) in [6.07, 6.45) is 2.44. The van der Waals surface area contributed by atoms with E-state index in [0.717, 1.165) is 42.2 Å². The van der Waals surface area contributed by atoms with Crippen molar-refractivity contribution in [1.82, 2.24) is 15.6 Å². The molecule has 0 unspecified atom stereocenters. The number of methoxy groups -OCH3 is 2. The highest BCUT2D eigenvalue weighted by Crippen LogP contribution is 2.33. The van der Waals surface area contributed by atoms with E-state index < -0.39 is 0 Å². The fraction of sp³-hybridized carbons (Fsp3) is 0.444. The molecule has 134 valence electrons. The Hall–Kier alpha value is -2.12. The monoisotopic (exact) mass is 361 g/mol. The minimum absolute atomic E-state index is 0.0258. The summed E-state index contributed by atoms with van der Waals surface area (Å²) in [5.41, 5.74) is 1.74. The van der Waals surface area contributed by atoms with Gasteiger partial charge in [-0.2, -0.15) is 0 Å². The molecule has 0 spiro atoms. The number of carbonyl (C=O) groups is 1. The normalized spacial score (nSPS) is 17.1. The van der Waals surface area contributed by atoms with E-state index in [2.05, 4.69) is 15.6 Å². The van der Waals surface area contributed by atoms with Crippen molar-refractivity contribution in [1.29, 1.82) is 0 Å². The lowest BCUT2D eigenvalue weighted by molar-refractivity contribution is -0.121. The fourth-order valence-corrected chi connectivity index (χ4v) is 3.72. The first-order valence-electron chi connectivity index (χ1n) is 8.36. The number of nitrogens with one attached hydrogen (secondary N) is 2. The Labute approximate surface area is 151 Å². The first-order valence-corrected chi connectivity index (χ1v) is 9.24. The van der Waals surface area contributed by atoms with Crippen molar-refractivity contribution in [2.24, 2.45) is 0 Å². The highest BCUT2D eigenvalue weighted by molar-refractivity contribution is 7.13. The van der Waals surface area contributed by atoms with Crippen LogP contribution in [0.5, 0.6) is 11.5 Å². The van der Waals surface area contributed by atoms with Crippen molar-refractivity contribution in [2.45, 2.75) is 25.3 Å². The van der Waals surface area contributed by atoms with Gasteiger partial charge in [0.05, 0.1) is 26.3 Å². The number of nitrogens with zero attached hydrogens (tertiary/aromatic N) is 1. The minimum atomic E-state index is 0.0258. The standard InChI is InChI=1S/C18H23N3O3S/c1-23-15-6-5-12(8-16(15)24-2)18-21-14(11-25-18)9-17(22)20-13-4-3-7-19-10-13/h5-6,8,11,13,19H,3-4,7,9-10H2,1-2H3,(H,20,22)/t13-/m0/s1. The van der Waals surface area contributed by atoms with Crippen molar-refractivity contribution in [3.05, 3.63) is 29.3 Å². The van der Waals surface area contributed by atoms with E-state index in [9.17, 15) is 4.79 Å². The summed E-state index contributed by atoms with van der Waals surface area (Å²) in [5, 5.41) is 9.17. The van der Waals surface area contributed by atoms with Crippen LogP contribution in [0.15, 0.2) is 23.6 Å². The number of hydrogen-bond donors (Lipinski definition) is 2. The Balaban J connectivity index is 1.64. The van der Waals surface area contributed by atoms with Gasteiger partial charge in [0.15, 0.2) is 11.5 Å². The second kappa shape index (κ2) is 8.31. The van der Waals surface area contributed by atoms with Gasteiger partial charge in [-0.25, -0.2) is 4.98 Å². The number of hydrogen-bond acceptors (Lipinski definition) is 6. The maximum Gasteiger partial charge on any atom is 0.226 e. The average Bonchev–Trinajstić information content (AvgIpc) is 3.10. The SMILES string of the molecule is COc1ccc(-c2nc(CC(=O)N[C@H]3CCCNC3)cs2)cc1OC. The fourth-order valence-electron chi connectivity index (χ4n) is 2.91. The van der Waals surface area contributed by atoms with Crippen molar-refractivity contribution < 1.29 is 14.3 Å². The maximum absolute atomic E-state index is 12.2. The molecule has 1 aromatic heterocycles. The Kier molecular flexibility index (Phi) is 5.88. The van der Waals surface area contributed by atoms with Crippen molar-refractivity contribution in [2.75, 3.05) is 27.3 Å². The zero-order valence-electron chi connectivity index (χ0n) is 14.5. The van der Waals surface area contributed by atoms with E-state index in [0.29, 0.717) is 17.9 Å². The minimum Gasteiger partial charge on any atom is -0.493 e. The molecule has 1 aliphatic heterocycles. The molecule has 7 heteroatoms. The molecule has 6 nitrogen and oxygen atoms in total. The highest BCUT2D eigenvalue weighted by atomic mass is 32.1. The molecule has 1 atom stereocenters. The second-order valence-electron chi connectivity index (χ2n) is 6.00. The lowest BCUT2D eigenvalue weighted by Crippen LogP contribution is -2.46. The lowest BCUT2D eigenvalue weighted by atomic mass is 10.1. The summed E-state index contributed by atoms with van der Waals surface area (Å²) in [7, 11) is 3.22.